The first-order valence-corrected chi connectivity index (χ1v) is 22.8. The van der Waals surface area contributed by atoms with Gasteiger partial charge in [-0.2, -0.15) is 0 Å². The van der Waals surface area contributed by atoms with Crippen LogP contribution in [0.2, 0.25) is 0 Å². The molecular weight excluding hydrogens is 869 g/mol. The number of hydrogen-bond acceptors (Lipinski definition) is 11. The molecule has 6 rings (SSSR count). The van der Waals surface area contributed by atoms with E-state index in [1.807, 2.05) is 80.6 Å². The maximum Gasteiger partial charge on any atom is 0.408 e. The van der Waals surface area contributed by atoms with Crippen LogP contribution >= 0.6 is 0 Å². The molecule has 0 fully saturated rings. The van der Waals surface area contributed by atoms with Gasteiger partial charge in [-0.3, -0.25) is 14.4 Å². The summed E-state index contributed by atoms with van der Waals surface area (Å²) in [6.45, 7) is 9.26. The van der Waals surface area contributed by atoms with Crippen molar-refractivity contribution in [1.29, 1.82) is 0 Å². The van der Waals surface area contributed by atoms with E-state index in [-0.39, 0.29) is 49.4 Å². The Hall–Kier alpha value is -7.55. The van der Waals surface area contributed by atoms with Crippen LogP contribution in [0, 0.1) is 0 Å². The third kappa shape index (κ3) is 12.7. The average Bonchev–Trinajstić information content (AvgIpc) is 3.32. The van der Waals surface area contributed by atoms with Crippen molar-refractivity contribution in [3.05, 3.63) is 147 Å². The summed E-state index contributed by atoms with van der Waals surface area (Å²) in [5.41, 5.74) is 6.07. The summed E-state index contributed by atoms with van der Waals surface area (Å²) in [5.74, 6) is -1.20. The van der Waals surface area contributed by atoms with Crippen LogP contribution in [-0.2, 0) is 56.1 Å². The fourth-order valence-electron chi connectivity index (χ4n) is 7.87. The fourth-order valence-corrected chi connectivity index (χ4v) is 7.87. The van der Waals surface area contributed by atoms with Crippen LogP contribution in [0.1, 0.15) is 108 Å². The maximum atomic E-state index is 13.8. The molecule has 5 aromatic rings. The van der Waals surface area contributed by atoms with Gasteiger partial charge < -0.3 is 50.4 Å². The number of fused-ring (bicyclic) bond motifs is 8. The molecule has 0 saturated carbocycles. The smallest absolute Gasteiger partial charge is 0.408 e. The second-order valence-electron chi connectivity index (χ2n) is 16.9. The maximum absolute atomic E-state index is 13.8. The molecule has 0 heterocycles. The van der Waals surface area contributed by atoms with E-state index in [2.05, 4.69) is 21.3 Å². The normalized spacial score (nSPS) is 13.1. The van der Waals surface area contributed by atoms with Crippen LogP contribution in [0.5, 0.6) is 23.0 Å². The molecule has 1 unspecified atom stereocenters. The number of aromatic hydroxyl groups is 2. The molecule has 1 aliphatic carbocycles. The van der Waals surface area contributed by atoms with Gasteiger partial charge >= 0.3 is 12.1 Å². The third-order valence-electron chi connectivity index (χ3n) is 11.4. The number of nitrogens with one attached hydrogen (secondary N) is 4. The molecule has 0 saturated heterocycles. The van der Waals surface area contributed by atoms with E-state index in [0.29, 0.717) is 87.7 Å². The first kappa shape index (κ1) is 49.9. The number of phenols is 2. The van der Waals surface area contributed by atoms with Crippen LogP contribution in [0.4, 0.5) is 10.5 Å². The number of carbonyl (C=O) groups excluding carboxylic acids is 5. The minimum atomic E-state index is -1.04. The Bertz CT molecular complexity index is 2530. The van der Waals surface area contributed by atoms with Crippen molar-refractivity contribution in [3.8, 4) is 23.0 Å². The van der Waals surface area contributed by atoms with E-state index in [1.165, 1.54) is 27.9 Å². The zero-order chi connectivity index (χ0) is 48.9. The van der Waals surface area contributed by atoms with Crippen LogP contribution in [0.25, 0.3) is 0 Å². The van der Waals surface area contributed by atoms with Crippen LogP contribution < -0.4 is 30.7 Å². The van der Waals surface area contributed by atoms with Gasteiger partial charge in [0.1, 0.15) is 47.7 Å². The Morgan fingerprint density at radius 1 is 0.574 bits per heavy atom. The number of hydrogen-bond donors (Lipinski definition) is 6. The van der Waals surface area contributed by atoms with Crippen LogP contribution in [0.3, 0.4) is 0 Å². The molecule has 6 N–H and O–H groups in total. The van der Waals surface area contributed by atoms with E-state index < -0.39 is 47.9 Å². The summed E-state index contributed by atoms with van der Waals surface area (Å²) in [6.07, 6.45) is 1.22. The Labute approximate surface area is 396 Å². The van der Waals surface area contributed by atoms with Crippen molar-refractivity contribution in [3.63, 3.8) is 0 Å². The SMILES string of the molecule is CCCOc1c2cccc1Cc1cc(C(=O)NC(C)C(=O)OC)cc(c1O)Cc1cccc(c1OCCC)Cc1cc(NC(=O)[C@H](C)NC(=O)[C@H](C)NC(=O)OCc3ccccc3)cc(c1O)C2. The molecule has 0 radical (unpaired) electrons. The minimum Gasteiger partial charge on any atom is -0.507 e. The molecule has 358 valence electrons. The average molecular weight is 929 g/mol. The topological polar surface area (TPSA) is 211 Å². The molecular formula is C53H60N4O11. The number of phenolic OH excluding ortho intramolecular Hbond substituents is 2. The van der Waals surface area contributed by atoms with Gasteiger partial charge in [-0.05, 0) is 96.8 Å². The van der Waals surface area contributed by atoms with E-state index in [0.717, 1.165) is 5.56 Å². The molecule has 0 spiro atoms. The van der Waals surface area contributed by atoms with Crippen LogP contribution in [0.15, 0.2) is 91.0 Å². The second-order valence-corrected chi connectivity index (χ2v) is 16.9. The second kappa shape index (κ2) is 23.3. The van der Waals surface area contributed by atoms with Gasteiger partial charge in [0.05, 0.1) is 20.3 Å². The zero-order valence-corrected chi connectivity index (χ0v) is 39.3. The predicted molar refractivity (Wildman–Crippen MR) is 256 cm³/mol. The number of esters is 1. The van der Waals surface area contributed by atoms with E-state index in [1.54, 1.807) is 24.3 Å². The molecule has 5 aromatic carbocycles. The minimum absolute atomic E-state index is 0.00548. The molecule has 4 amide bonds. The molecule has 3 atom stereocenters. The number of rotatable bonds is 16. The standard InChI is InChI=1S/C53H60N4O11/c1-7-20-66-47-35-16-12-18-37(47)24-41-28-44(57-50(61)31(3)54-49(60)32(4)56-53(64)68-30-34-14-10-9-11-15-34)29-42(46(41)59)25-38-19-13-17-36(48(38)67-21-8-2)23-40-27-43(26-39(22-35)45(40)58)51(62)55-33(5)52(63)65-6/h9-19,26-29,31-33,58-59H,7-8,20-25,30H2,1-6H3,(H,54,60)(H,55,62)(H,56,64)(H,57,61)/t31-,32-,33?/m0/s1. The molecule has 68 heavy (non-hydrogen) atoms. The van der Waals surface area contributed by atoms with Crippen molar-refractivity contribution in [2.75, 3.05) is 25.6 Å². The number of alkyl carbamates (subject to hydrolysis) is 1. The predicted octanol–water partition coefficient (Wildman–Crippen LogP) is 7.40. The lowest BCUT2D eigenvalue weighted by molar-refractivity contribution is -0.142. The van der Waals surface area contributed by atoms with Gasteiger partial charge in [0.2, 0.25) is 11.8 Å². The van der Waals surface area contributed by atoms with Crippen molar-refractivity contribution in [2.24, 2.45) is 0 Å². The zero-order valence-electron chi connectivity index (χ0n) is 39.3. The Morgan fingerprint density at radius 2 is 1.04 bits per heavy atom. The highest BCUT2D eigenvalue weighted by atomic mass is 16.5. The summed E-state index contributed by atoms with van der Waals surface area (Å²) >= 11 is 0. The largest absolute Gasteiger partial charge is 0.507 e. The summed E-state index contributed by atoms with van der Waals surface area (Å²) in [6, 6.07) is 23.9. The highest BCUT2D eigenvalue weighted by Crippen LogP contribution is 2.40. The van der Waals surface area contributed by atoms with Gasteiger partial charge in [-0.1, -0.05) is 80.6 Å². The lowest BCUT2D eigenvalue weighted by atomic mass is 9.90. The molecule has 15 heteroatoms. The first-order chi connectivity index (χ1) is 32.7. The number of amides is 4. The Morgan fingerprint density at radius 3 is 1.51 bits per heavy atom. The van der Waals surface area contributed by atoms with E-state index >= 15 is 0 Å². The molecule has 15 nitrogen and oxygen atoms in total. The third-order valence-corrected chi connectivity index (χ3v) is 11.4. The number of benzene rings is 5. The number of para-hydroxylation sites is 2. The number of carbonyl (C=O) groups is 5. The molecule has 0 aromatic heterocycles. The highest BCUT2D eigenvalue weighted by molar-refractivity contribution is 5.98. The van der Waals surface area contributed by atoms with Crippen molar-refractivity contribution in [2.45, 2.75) is 97.9 Å². The lowest BCUT2D eigenvalue weighted by Gasteiger charge is -2.22. The quantitative estimate of drug-likeness (QED) is 0.0416. The molecule has 0 aliphatic heterocycles. The van der Waals surface area contributed by atoms with Gasteiger partial charge in [0.25, 0.3) is 5.91 Å². The van der Waals surface area contributed by atoms with E-state index in [4.69, 9.17) is 18.9 Å². The lowest BCUT2D eigenvalue weighted by Crippen LogP contribution is -2.50. The van der Waals surface area contributed by atoms with Crippen LogP contribution in [-0.4, -0.2) is 78.4 Å². The summed E-state index contributed by atoms with van der Waals surface area (Å²) in [5, 5.41) is 34.9. The molecule has 1 aliphatic rings. The number of methoxy groups -OCH3 is 1. The number of ether oxygens (including phenoxy) is 4. The first-order valence-electron chi connectivity index (χ1n) is 22.8. The van der Waals surface area contributed by atoms with Crippen molar-refractivity contribution < 1.29 is 53.1 Å². The van der Waals surface area contributed by atoms with E-state index in [9.17, 15) is 34.2 Å². The summed E-state index contributed by atoms with van der Waals surface area (Å²) in [7, 11) is 1.25. The van der Waals surface area contributed by atoms with Gasteiger partial charge in [0, 0.05) is 48.1 Å². The summed E-state index contributed by atoms with van der Waals surface area (Å²) < 4.78 is 22.9. The molecule has 8 bridgehead atoms. The van der Waals surface area contributed by atoms with Gasteiger partial charge in [-0.25, -0.2) is 9.59 Å². The Balaban J connectivity index is 1.37. The van der Waals surface area contributed by atoms with Crippen molar-refractivity contribution >= 4 is 35.5 Å². The Kier molecular flexibility index (Phi) is 17.1. The van der Waals surface area contributed by atoms with Gasteiger partial charge in [-0.15, -0.1) is 0 Å². The number of anilines is 1. The fraction of sp³-hybridized carbons (Fsp3) is 0.340. The van der Waals surface area contributed by atoms with Gasteiger partial charge in [0.15, 0.2) is 0 Å². The monoisotopic (exact) mass is 928 g/mol. The van der Waals surface area contributed by atoms with Crippen molar-refractivity contribution in [1.82, 2.24) is 16.0 Å². The summed E-state index contributed by atoms with van der Waals surface area (Å²) in [4.78, 5) is 65.4. The highest BCUT2D eigenvalue weighted by Gasteiger charge is 2.26.